The number of rotatable bonds is 18. The lowest BCUT2D eigenvalue weighted by Gasteiger charge is -2.11. The molecule has 134 valence electrons. The predicted molar refractivity (Wildman–Crippen MR) is 101 cm³/mol. The number of hydrogen-bond acceptors (Lipinski definition) is 1. The van der Waals surface area contributed by atoms with Gasteiger partial charge in [0.1, 0.15) is 0 Å². The van der Waals surface area contributed by atoms with E-state index in [4.69, 9.17) is 4.74 Å². The molecule has 0 amide bonds. The van der Waals surface area contributed by atoms with Crippen molar-refractivity contribution in [3.05, 3.63) is 0 Å². The van der Waals surface area contributed by atoms with E-state index < -0.39 is 0 Å². The SMILES string of the molecule is CCCCCCCCCCCCCCCCOC(C)CCC. The van der Waals surface area contributed by atoms with Crippen LogP contribution in [0.2, 0.25) is 0 Å². The number of unbranched alkanes of at least 4 members (excludes halogenated alkanes) is 13. The lowest BCUT2D eigenvalue weighted by molar-refractivity contribution is 0.0570. The van der Waals surface area contributed by atoms with Crippen LogP contribution in [0.4, 0.5) is 0 Å². The van der Waals surface area contributed by atoms with Crippen LogP contribution in [0.1, 0.15) is 124 Å². The maximum Gasteiger partial charge on any atom is 0.0546 e. The summed E-state index contributed by atoms with van der Waals surface area (Å²) in [4.78, 5) is 0. The zero-order valence-electron chi connectivity index (χ0n) is 16.0. The summed E-state index contributed by atoms with van der Waals surface area (Å²) in [6.07, 6.45) is 22.9. The molecule has 0 spiro atoms. The average molecular weight is 313 g/mol. The summed E-state index contributed by atoms with van der Waals surface area (Å²) in [5.74, 6) is 0. The van der Waals surface area contributed by atoms with Crippen LogP contribution in [-0.2, 0) is 4.74 Å². The van der Waals surface area contributed by atoms with Crippen LogP contribution in [-0.4, -0.2) is 12.7 Å². The van der Waals surface area contributed by atoms with Gasteiger partial charge >= 0.3 is 0 Å². The first-order chi connectivity index (χ1) is 10.8. The third-order valence-electron chi connectivity index (χ3n) is 4.60. The summed E-state index contributed by atoms with van der Waals surface area (Å²) in [6.45, 7) is 7.69. The Balaban J connectivity index is 3.00. The second kappa shape index (κ2) is 19.0. The normalized spacial score (nSPS) is 12.7. The molecule has 0 aliphatic rings. The Kier molecular flexibility index (Phi) is 19.0. The Morgan fingerprint density at radius 1 is 0.545 bits per heavy atom. The van der Waals surface area contributed by atoms with E-state index in [1.165, 1.54) is 103 Å². The van der Waals surface area contributed by atoms with Gasteiger partial charge in [0, 0.05) is 6.61 Å². The van der Waals surface area contributed by atoms with Crippen molar-refractivity contribution in [1.82, 2.24) is 0 Å². The molecule has 0 bridgehead atoms. The Hall–Kier alpha value is -0.0400. The van der Waals surface area contributed by atoms with Gasteiger partial charge in [0.25, 0.3) is 0 Å². The maximum atomic E-state index is 5.79. The van der Waals surface area contributed by atoms with Gasteiger partial charge in [0.2, 0.25) is 0 Å². The van der Waals surface area contributed by atoms with Gasteiger partial charge in [-0.25, -0.2) is 0 Å². The first-order valence-electron chi connectivity index (χ1n) is 10.4. The summed E-state index contributed by atoms with van der Waals surface area (Å²) in [6, 6.07) is 0. The van der Waals surface area contributed by atoms with E-state index in [1.54, 1.807) is 0 Å². The van der Waals surface area contributed by atoms with Crippen molar-refractivity contribution >= 4 is 0 Å². The van der Waals surface area contributed by atoms with Crippen molar-refractivity contribution in [1.29, 1.82) is 0 Å². The molecule has 0 fully saturated rings. The molecule has 0 rings (SSSR count). The third kappa shape index (κ3) is 18.0. The second-order valence-electron chi connectivity index (χ2n) is 7.07. The largest absolute Gasteiger partial charge is 0.379 e. The van der Waals surface area contributed by atoms with Gasteiger partial charge in [0.15, 0.2) is 0 Å². The Morgan fingerprint density at radius 3 is 1.36 bits per heavy atom. The Morgan fingerprint density at radius 2 is 0.955 bits per heavy atom. The highest BCUT2D eigenvalue weighted by atomic mass is 16.5. The van der Waals surface area contributed by atoms with Crippen molar-refractivity contribution in [2.45, 2.75) is 130 Å². The lowest BCUT2D eigenvalue weighted by atomic mass is 10.0. The molecule has 1 atom stereocenters. The molecule has 0 radical (unpaired) electrons. The van der Waals surface area contributed by atoms with Crippen molar-refractivity contribution in [2.75, 3.05) is 6.61 Å². The minimum Gasteiger partial charge on any atom is -0.379 e. The zero-order valence-corrected chi connectivity index (χ0v) is 16.0. The van der Waals surface area contributed by atoms with Gasteiger partial charge in [-0.2, -0.15) is 0 Å². The van der Waals surface area contributed by atoms with Crippen LogP contribution in [0.3, 0.4) is 0 Å². The number of ether oxygens (including phenoxy) is 1. The fourth-order valence-electron chi connectivity index (χ4n) is 3.07. The standard InChI is InChI=1S/C21H44O/c1-4-6-7-8-9-10-11-12-13-14-15-16-17-18-20-22-21(3)19-5-2/h21H,4-20H2,1-3H3. The van der Waals surface area contributed by atoms with Crippen molar-refractivity contribution < 1.29 is 4.74 Å². The molecule has 0 aromatic rings. The minimum atomic E-state index is 0.465. The molecule has 0 aromatic carbocycles. The van der Waals surface area contributed by atoms with Gasteiger partial charge in [-0.3, -0.25) is 0 Å². The monoisotopic (exact) mass is 312 g/mol. The summed E-state index contributed by atoms with van der Waals surface area (Å²) < 4.78 is 5.79. The smallest absolute Gasteiger partial charge is 0.0546 e. The van der Waals surface area contributed by atoms with Gasteiger partial charge < -0.3 is 4.74 Å². The van der Waals surface area contributed by atoms with E-state index in [0.29, 0.717) is 6.10 Å². The van der Waals surface area contributed by atoms with Crippen molar-refractivity contribution in [2.24, 2.45) is 0 Å². The molecule has 0 aliphatic carbocycles. The van der Waals surface area contributed by atoms with Crippen LogP contribution < -0.4 is 0 Å². The predicted octanol–water partition coefficient (Wildman–Crippen LogP) is 7.67. The molecule has 1 nitrogen and oxygen atoms in total. The molecule has 22 heavy (non-hydrogen) atoms. The molecule has 0 heterocycles. The first kappa shape index (κ1) is 22.0. The molecular formula is C21H44O. The molecule has 0 saturated carbocycles. The molecule has 1 unspecified atom stereocenters. The molecule has 0 saturated heterocycles. The zero-order chi connectivity index (χ0) is 16.3. The topological polar surface area (TPSA) is 9.23 Å². The highest BCUT2D eigenvalue weighted by Gasteiger charge is 1.99. The molecule has 0 N–H and O–H groups in total. The van der Waals surface area contributed by atoms with Gasteiger partial charge in [-0.15, -0.1) is 0 Å². The highest BCUT2D eigenvalue weighted by Crippen LogP contribution is 2.13. The van der Waals surface area contributed by atoms with Crippen LogP contribution in [0, 0.1) is 0 Å². The van der Waals surface area contributed by atoms with Crippen LogP contribution in [0.15, 0.2) is 0 Å². The first-order valence-corrected chi connectivity index (χ1v) is 10.4. The van der Waals surface area contributed by atoms with E-state index in [-0.39, 0.29) is 0 Å². The van der Waals surface area contributed by atoms with E-state index in [2.05, 4.69) is 20.8 Å². The van der Waals surface area contributed by atoms with Crippen molar-refractivity contribution in [3.8, 4) is 0 Å². The Labute approximate surface area is 141 Å². The molecule has 0 aliphatic heterocycles. The summed E-state index contributed by atoms with van der Waals surface area (Å²) in [5.41, 5.74) is 0. The molecule has 1 heteroatoms. The van der Waals surface area contributed by atoms with Gasteiger partial charge in [0.05, 0.1) is 6.10 Å². The second-order valence-corrected chi connectivity index (χ2v) is 7.07. The van der Waals surface area contributed by atoms with E-state index >= 15 is 0 Å². The summed E-state index contributed by atoms with van der Waals surface area (Å²) in [7, 11) is 0. The third-order valence-corrected chi connectivity index (χ3v) is 4.60. The minimum absolute atomic E-state index is 0.465. The summed E-state index contributed by atoms with van der Waals surface area (Å²) in [5, 5.41) is 0. The van der Waals surface area contributed by atoms with E-state index in [1.807, 2.05) is 0 Å². The number of hydrogen-bond donors (Lipinski definition) is 0. The quantitative estimate of drug-likeness (QED) is 0.236. The average Bonchev–Trinajstić information content (AvgIpc) is 2.51. The van der Waals surface area contributed by atoms with Crippen LogP contribution in [0.25, 0.3) is 0 Å². The van der Waals surface area contributed by atoms with E-state index in [9.17, 15) is 0 Å². The van der Waals surface area contributed by atoms with E-state index in [0.717, 1.165) is 6.61 Å². The Bertz CT molecular complexity index is 190. The maximum absolute atomic E-state index is 5.79. The van der Waals surface area contributed by atoms with Gasteiger partial charge in [-0.1, -0.05) is 104 Å². The van der Waals surface area contributed by atoms with Gasteiger partial charge in [-0.05, 0) is 19.8 Å². The molecular weight excluding hydrogens is 268 g/mol. The van der Waals surface area contributed by atoms with Crippen LogP contribution >= 0.6 is 0 Å². The fourth-order valence-corrected chi connectivity index (χ4v) is 3.07. The lowest BCUT2D eigenvalue weighted by Crippen LogP contribution is -2.08. The highest BCUT2D eigenvalue weighted by molar-refractivity contribution is 4.51. The van der Waals surface area contributed by atoms with Crippen LogP contribution in [0.5, 0.6) is 0 Å². The fraction of sp³-hybridized carbons (Fsp3) is 1.00. The molecule has 0 aromatic heterocycles. The summed E-state index contributed by atoms with van der Waals surface area (Å²) >= 11 is 0. The van der Waals surface area contributed by atoms with Crippen molar-refractivity contribution in [3.63, 3.8) is 0 Å².